The molecule has 0 radical (unpaired) electrons. The number of carbonyl (C=O) groups is 2. The summed E-state index contributed by atoms with van der Waals surface area (Å²) < 4.78 is 11.7. The predicted octanol–water partition coefficient (Wildman–Crippen LogP) is 6.66. The van der Waals surface area contributed by atoms with E-state index in [1.165, 1.54) is 30.6 Å². The Balaban J connectivity index is 1.44. The van der Waals surface area contributed by atoms with Crippen molar-refractivity contribution in [1.29, 1.82) is 0 Å². The van der Waals surface area contributed by atoms with Crippen LogP contribution in [0.4, 0.5) is 0 Å². The first-order valence-corrected chi connectivity index (χ1v) is 14.2. The van der Waals surface area contributed by atoms with Crippen molar-refractivity contribution in [3.05, 3.63) is 30.3 Å². The lowest BCUT2D eigenvalue weighted by Crippen LogP contribution is -2.59. The Morgan fingerprint density at radius 1 is 0.882 bits per heavy atom. The molecule has 0 N–H and O–H groups in total. The van der Waals surface area contributed by atoms with Crippen LogP contribution >= 0.6 is 11.8 Å². The second-order valence-electron chi connectivity index (χ2n) is 11.9. The maximum atomic E-state index is 11.8. The number of hydrogen-bond donors (Lipinski definition) is 0. The highest BCUT2D eigenvalue weighted by Gasteiger charge is 2.63. The molecule has 5 rings (SSSR count). The fourth-order valence-corrected chi connectivity index (χ4v) is 10.3. The molecule has 5 heteroatoms. The number of hydrogen-bond acceptors (Lipinski definition) is 5. The van der Waals surface area contributed by atoms with Gasteiger partial charge >= 0.3 is 11.9 Å². The Labute approximate surface area is 208 Å². The van der Waals surface area contributed by atoms with E-state index < -0.39 is 0 Å². The van der Waals surface area contributed by atoms with Crippen molar-refractivity contribution in [2.75, 3.05) is 0 Å². The second kappa shape index (κ2) is 9.19. The number of benzene rings is 1. The third-order valence-corrected chi connectivity index (χ3v) is 11.8. The number of ether oxygens (including phenoxy) is 2. The normalized spacial score (nSPS) is 43.2. The lowest BCUT2D eigenvalue weighted by molar-refractivity contribution is -0.166. The number of esters is 2. The largest absolute Gasteiger partial charge is 0.463 e. The van der Waals surface area contributed by atoms with Gasteiger partial charge in [-0.1, -0.05) is 32.0 Å². The minimum Gasteiger partial charge on any atom is -0.463 e. The van der Waals surface area contributed by atoms with Crippen molar-refractivity contribution >= 4 is 23.7 Å². The molecule has 0 aliphatic heterocycles. The van der Waals surface area contributed by atoms with Crippen molar-refractivity contribution in [2.45, 2.75) is 101 Å². The van der Waals surface area contributed by atoms with Crippen molar-refractivity contribution in [2.24, 2.45) is 34.5 Å². The first-order valence-electron chi connectivity index (χ1n) is 13.3. The summed E-state index contributed by atoms with van der Waals surface area (Å²) in [5.41, 5.74) is 0.341. The smallest absolute Gasteiger partial charge is 0.302 e. The van der Waals surface area contributed by atoms with Crippen LogP contribution in [0.3, 0.4) is 0 Å². The van der Waals surface area contributed by atoms with Crippen LogP contribution in [0.5, 0.6) is 0 Å². The first-order chi connectivity index (χ1) is 16.2. The van der Waals surface area contributed by atoms with Crippen molar-refractivity contribution in [3.8, 4) is 0 Å². The van der Waals surface area contributed by atoms with Crippen molar-refractivity contribution in [3.63, 3.8) is 0 Å². The fraction of sp³-hybridized carbons (Fsp3) is 0.724. The molecule has 0 aromatic heterocycles. The minimum atomic E-state index is -0.151. The highest BCUT2D eigenvalue weighted by Crippen LogP contribution is 2.68. The molecular formula is C29H40O4S. The summed E-state index contributed by atoms with van der Waals surface area (Å²) in [5.74, 6) is 2.32. The van der Waals surface area contributed by atoms with Gasteiger partial charge in [-0.15, -0.1) is 11.8 Å². The van der Waals surface area contributed by atoms with E-state index in [0.717, 1.165) is 25.7 Å². The average Bonchev–Trinajstić information content (AvgIpc) is 3.10. The van der Waals surface area contributed by atoms with Crippen LogP contribution < -0.4 is 0 Å². The second-order valence-corrected chi connectivity index (χ2v) is 13.1. The zero-order valence-corrected chi connectivity index (χ0v) is 21.9. The molecule has 4 aliphatic rings. The SMILES string of the molecule is CC(=O)OC1CC2CC[C@@H]3[C@H](CC[C@]4(C)C(OC(C)=O)CC[C@@H]34)[C@@]2(C)C(Sc2ccccc2)C1. The number of carbonyl (C=O) groups excluding carboxylic acids is 2. The zero-order chi connectivity index (χ0) is 24.1. The molecule has 9 atom stereocenters. The van der Waals surface area contributed by atoms with Crippen LogP contribution in [-0.2, 0) is 19.1 Å². The van der Waals surface area contributed by atoms with Gasteiger partial charge in [0.1, 0.15) is 12.2 Å². The molecule has 4 fully saturated rings. The van der Waals surface area contributed by atoms with Gasteiger partial charge in [0.25, 0.3) is 0 Å². The molecule has 1 aromatic rings. The van der Waals surface area contributed by atoms with Gasteiger partial charge in [0.05, 0.1) is 0 Å². The standard InChI is InChI=1S/C29H40O4S/c1-18(30)32-21-16-20-10-11-23-24-12-13-26(33-19(2)31)28(24,3)15-14-25(23)29(20,4)27(17-21)34-22-8-6-5-7-9-22/h5-9,20-21,23-27H,10-17H2,1-4H3/t20?,21?,23-,24-,25-,26?,27?,28-,29-/m0/s1. The van der Waals surface area contributed by atoms with Gasteiger partial charge in [-0.3, -0.25) is 9.59 Å². The third kappa shape index (κ3) is 4.10. The summed E-state index contributed by atoms with van der Waals surface area (Å²) in [5, 5.41) is 0.431. The number of rotatable bonds is 4. The quantitative estimate of drug-likeness (QED) is 0.447. The Bertz CT molecular complexity index is 918. The van der Waals surface area contributed by atoms with Crippen LogP contribution in [0.1, 0.15) is 79.1 Å². The average molecular weight is 485 g/mol. The molecule has 0 saturated heterocycles. The van der Waals surface area contributed by atoms with Crippen LogP contribution in [-0.4, -0.2) is 29.4 Å². The van der Waals surface area contributed by atoms with Crippen LogP contribution in [0.15, 0.2) is 35.2 Å². The summed E-state index contributed by atoms with van der Waals surface area (Å²) >= 11 is 2.01. The minimum absolute atomic E-state index is 0.0296. The van der Waals surface area contributed by atoms with E-state index in [4.69, 9.17) is 9.47 Å². The molecule has 4 saturated carbocycles. The van der Waals surface area contributed by atoms with Crippen LogP contribution in [0.25, 0.3) is 0 Å². The van der Waals surface area contributed by atoms with E-state index in [-0.39, 0.29) is 35.0 Å². The summed E-state index contributed by atoms with van der Waals surface area (Å²) in [6.45, 7) is 8.07. The van der Waals surface area contributed by atoms with Crippen LogP contribution in [0, 0.1) is 34.5 Å². The summed E-state index contributed by atoms with van der Waals surface area (Å²) in [4.78, 5) is 25.0. The molecule has 4 nitrogen and oxygen atoms in total. The number of fused-ring (bicyclic) bond motifs is 5. The predicted molar refractivity (Wildman–Crippen MR) is 134 cm³/mol. The van der Waals surface area contributed by atoms with Gasteiger partial charge in [-0.05, 0) is 92.6 Å². The fourth-order valence-electron chi connectivity index (χ4n) is 8.76. The van der Waals surface area contributed by atoms with Crippen molar-refractivity contribution < 1.29 is 19.1 Å². The number of thioether (sulfide) groups is 1. The van der Waals surface area contributed by atoms with Gasteiger partial charge in [0, 0.05) is 29.4 Å². The third-order valence-electron chi connectivity index (χ3n) is 10.3. The molecule has 4 aliphatic carbocycles. The topological polar surface area (TPSA) is 52.6 Å². The lowest BCUT2D eigenvalue weighted by atomic mass is 9.45. The van der Waals surface area contributed by atoms with E-state index >= 15 is 0 Å². The molecule has 1 aromatic carbocycles. The molecule has 186 valence electrons. The van der Waals surface area contributed by atoms with Crippen LogP contribution in [0.2, 0.25) is 0 Å². The zero-order valence-electron chi connectivity index (χ0n) is 21.1. The summed E-state index contributed by atoms with van der Waals surface area (Å²) in [6.07, 6.45) is 9.08. The van der Waals surface area contributed by atoms with Gasteiger partial charge < -0.3 is 9.47 Å². The Kier molecular flexibility index (Phi) is 6.54. The maximum absolute atomic E-state index is 11.8. The Morgan fingerprint density at radius 3 is 2.32 bits per heavy atom. The Hall–Kier alpha value is -1.49. The molecule has 34 heavy (non-hydrogen) atoms. The molecule has 0 amide bonds. The summed E-state index contributed by atoms with van der Waals surface area (Å²) in [6, 6.07) is 10.8. The highest BCUT2D eigenvalue weighted by atomic mass is 32.2. The lowest BCUT2D eigenvalue weighted by Gasteiger charge is -2.63. The molecule has 4 unspecified atom stereocenters. The highest BCUT2D eigenvalue weighted by molar-refractivity contribution is 8.00. The van der Waals surface area contributed by atoms with E-state index in [1.54, 1.807) is 13.8 Å². The van der Waals surface area contributed by atoms with Gasteiger partial charge in [0.15, 0.2) is 0 Å². The first kappa shape index (κ1) is 24.2. The van der Waals surface area contributed by atoms with Gasteiger partial charge in [0.2, 0.25) is 0 Å². The maximum Gasteiger partial charge on any atom is 0.302 e. The van der Waals surface area contributed by atoms with E-state index in [1.807, 2.05) is 11.8 Å². The van der Waals surface area contributed by atoms with E-state index in [9.17, 15) is 9.59 Å². The van der Waals surface area contributed by atoms with Crippen molar-refractivity contribution in [1.82, 2.24) is 0 Å². The van der Waals surface area contributed by atoms with E-state index in [0.29, 0.717) is 28.9 Å². The molecule has 0 spiro atoms. The van der Waals surface area contributed by atoms with Gasteiger partial charge in [-0.25, -0.2) is 0 Å². The molecule has 0 heterocycles. The monoisotopic (exact) mass is 484 g/mol. The van der Waals surface area contributed by atoms with E-state index in [2.05, 4.69) is 44.2 Å². The van der Waals surface area contributed by atoms with Gasteiger partial charge in [-0.2, -0.15) is 0 Å². The summed E-state index contributed by atoms with van der Waals surface area (Å²) in [7, 11) is 0. The Morgan fingerprint density at radius 2 is 1.62 bits per heavy atom. The molecule has 0 bridgehead atoms. The molecular weight excluding hydrogens is 444 g/mol.